The number of carbonyl (C=O) groups excluding carboxylic acids is 1. The van der Waals surface area contributed by atoms with Crippen LogP contribution in [-0.2, 0) is 0 Å². The summed E-state index contributed by atoms with van der Waals surface area (Å²) in [5, 5.41) is 10.8. The molecule has 2 rings (SSSR count). The maximum atomic E-state index is 11.7. The molecule has 7 heteroatoms. The van der Waals surface area contributed by atoms with Crippen LogP contribution in [0.1, 0.15) is 28.5 Å². The fourth-order valence-electron chi connectivity index (χ4n) is 1.25. The van der Waals surface area contributed by atoms with Crippen molar-refractivity contribution in [2.24, 2.45) is 0 Å². The van der Waals surface area contributed by atoms with E-state index in [9.17, 15) is 4.79 Å². The summed E-state index contributed by atoms with van der Waals surface area (Å²) >= 11 is 1.59. The fraction of sp³-hybridized carbons (Fsp3) is 0.222. The van der Waals surface area contributed by atoms with Crippen molar-refractivity contribution < 1.29 is 4.79 Å². The largest absolute Gasteiger partial charge is 0.366 e. The van der Waals surface area contributed by atoms with Crippen LogP contribution in [0.5, 0.6) is 0 Å². The van der Waals surface area contributed by atoms with Gasteiger partial charge in [-0.05, 0) is 18.4 Å². The van der Waals surface area contributed by atoms with Gasteiger partial charge >= 0.3 is 0 Å². The zero-order valence-corrected chi connectivity index (χ0v) is 9.41. The van der Waals surface area contributed by atoms with Crippen molar-refractivity contribution in [3.63, 3.8) is 0 Å². The van der Waals surface area contributed by atoms with Gasteiger partial charge in [-0.2, -0.15) is 4.98 Å². The number of thiophene rings is 1. The highest BCUT2D eigenvalue weighted by Gasteiger charge is 2.14. The Labute approximate surface area is 95.9 Å². The lowest BCUT2D eigenvalue weighted by molar-refractivity contribution is 0.0930. The molecule has 1 unspecified atom stereocenters. The van der Waals surface area contributed by atoms with Crippen molar-refractivity contribution in [2.45, 2.75) is 13.0 Å². The Morgan fingerprint density at radius 2 is 2.50 bits per heavy atom. The molecule has 0 aliphatic rings. The summed E-state index contributed by atoms with van der Waals surface area (Å²) < 4.78 is 0. The number of hydrogen-bond acceptors (Lipinski definition) is 5. The van der Waals surface area contributed by atoms with Gasteiger partial charge in [0.2, 0.25) is 11.8 Å². The number of H-pyrrole nitrogens is 1. The van der Waals surface area contributed by atoms with E-state index in [0.717, 1.165) is 4.88 Å². The van der Waals surface area contributed by atoms with E-state index in [1.54, 1.807) is 11.3 Å². The van der Waals surface area contributed by atoms with Crippen LogP contribution in [-0.4, -0.2) is 21.1 Å². The molecule has 0 radical (unpaired) electrons. The smallest absolute Gasteiger partial charge is 0.289 e. The first kappa shape index (κ1) is 10.6. The topological polar surface area (TPSA) is 96.7 Å². The second kappa shape index (κ2) is 4.31. The molecule has 0 bridgehead atoms. The lowest BCUT2D eigenvalue weighted by Gasteiger charge is -2.10. The van der Waals surface area contributed by atoms with Crippen molar-refractivity contribution in [1.29, 1.82) is 0 Å². The van der Waals surface area contributed by atoms with E-state index in [4.69, 9.17) is 5.73 Å². The number of aromatic nitrogens is 3. The molecule has 0 saturated carbocycles. The normalized spacial score (nSPS) is 12.3. The number of nitrogens with two attached hydrogens (primary N) is 1. The number of anilines is 1. The van der Waals surface area contributed by atoms with Crippen molar-refractivity contribution in [1.82, 2.24) is 20.5 Å². The van der Waals surface area contributed by atoms with E-state index in [-0.39, 0.29) is 23.7 Å². The number of carbonyl (C=O) groups is 1. The molecule has 4 N–H and O–H groups in total. The van der Waals surface area contributed by atoms with Crippen LogP contribution >= 0.6 is 11.3 Å². The predicted octanol–water partition coefficient (Wildman–Crippen LogP) is 0.939. The van der Waals surface area contributed by atoms with E-state index in [1.807, 2.05) is 24.4 Å². The maximum absolute atomic E-state index is 11.7. The van der Waals surface area contributed by atoms with Crippen molar-refractivity contribution in [2.75, 3.05) is 5.73 Å². The quantitative estimate of drug-likeness (QED) is 0.740. The molecule has 2 aromatic heterocycles. The molecule has 1 atom stereocenters. The molecule has 84 valence electrons. The Kier molecular flexibility index (Phi) is 2.86. The van der Waals surface area contributed by atoms with Crippen LogP contribution in [0.25, 0.3) is 0 Å². The van der Waals surface area contributed by atoms with Crippen molar-refractivity contribution in [3.8, 4) is 0 Å². The van der Waals surface area contributed by atoms with E-state index in [2.05, 4.69) is 20.5 Å². The van der Waals surface area contributed by atoms with Crippen LogP contribution in [0, 0.1) is 0 Å². The molecule has 0 fully saturated rings. The number of rotatable bonds is 3. The molecular formula is C9H11N5OS. The summed E-state index contributed by atoms with van der Waals surface area (Å²) in [6.45, 7) is 1.91. The second-order valence-corrected chi connectivity index (χ2v) is 4.23. The zero-order chi connectivity index (χ0) is 11.5. The molecule has 1 amide bonds. The van der Waals surface area contributed by atoms with Crippen LogP contribution in [0.2, 0.25) is 0 Å². The molecule has 2 heterocycles. The molecule has 0 aromatic carbocycles. The third-order valence-electron chi connectivity index (χ3n) is 2.04. The molecule has 0 saturated heterocycles. The van der Waals surface area contributed by atoms with Crippen LogP contribution in [0.4, 0.5) is 5.95 Å². The minimum Gasteiger partial charge on any atom is -0.366 e. The second-order valence-electron chi connectivity index (χ2n) is 3.25. The Hall–Kier alpha value is -1.89. The number of nitrogens with zero attached hydrogens (tertiary/aromatic N) is 2. The van der Waals surface area contributed by atoms with Crippen LogP contribution in [0.15, 0.2) is 17.5 Å². The Morgan fingerprint density at radius 3 is 3.06 bits per heavy atom. The number of aromatic amines is 1. The SMILES string of the molecule is CC(NC(=O)c1nc(N)n[nH]1)c1cccs1. The highest BCUT2D eigenvalue weighted by atomic mass is 32.1. The summed E-state index contributed by atoms with van der Waals surface area (Å²) in [4.78, 5) is 16.5. The van der Waals surface area contributed by atoms with Crippen LogP contribution in [0.3, 0.4) is 0 Å². The number of hydrogen-bond donors (Lipinski definition) is 3. The van der Waals surface area contributed by atoms with Gasteiger partial charge in [0.25, 0.3) is 5.91 Å². The van der Waals surface area contributed by atoms with Crippen molar-refractivity contribution >= 4 is 23.2 Å². The van der Waals surface area contributed by atoms with Gasteiger partial charge in [-0.25, -0.2) is 0 Å². The number of nitrogens with one attached hydrogen (secondary N) is 2. The zero-order valence-electron chi connectivity index (χ0n) is 8.60. The third-order valence-corrected chi connectivity index (χ3v) is 3.09. The lowest BCUT2D eigenvalue weighted by atomic mass is 10.3. The highest BCUT2D eigenvalue weighted by Crippen LogP contribution is 2.18. The van der Waals surface area contributed by atoms with Gasteiger partial charge in [0.05, 0.1) is 6.04 Å². The van der Waals surface area contributed by atoms with E-state index >= 15 is 0 Å². The molecule has 16 heavy (non-hydrogen) atoms. The first-order valence-corrected chi connectivity index (χ1v) is 5.57. The Bertz CT molecular complexity index is 478. The summed E-state index contributed by atoms with van der Waals surface area (Å²) in [5.74, 6) is -0.125. The molecule has 0 spiro atoms. The van der Waals surface area contributed by atoms with Gasteiger partial charge < -0.3 is 11.1 Å². The van der Waals surface area contributed by atoms with Gasteiger partial charge in [-0.1, -0.05) is 6.07 Å². The Balaban J connectivity index is 2.03. The number of nitrogen functional groups attached to an aromatic ring is 1. The molecule has 2 aromatic rings. The van der Waals surface area contributed by atoms with Gasteiger partial charge in [-0.3, -0.25) is 9.89 Å². The first-order valence-electron chi connectivity index (χ1n) is 4.69. The van der Waals surface area contributed by atoms with Crippen LogP contribution < -0.4 is 11.1 Å². The summed E-state index contributed by atoms with van der Waals surface area (Å²) in [6.07, 6.45) is 0. The molecule has 6 nitrogen and oxygen atoms in total. The molecule has 0 aliphatic carbocycles. The first-order chi connectivity index (χ1) is 7.66. The summed E-state index contributed by atoms with van der Waals surface area (Å²) in [5.41, 5.74) is 5.31. The number of amides is 1. The Morgan fingerprint density at radius 1 is 1.69 bits per heavy atom. The maximum Gasteiger partial charge on any atom is 0.289 e. The predicted molar refractivity (Wildman–Crippen MR) is 61.0 cm³/mol. The standard InChI is InChI=1S/C9H11N5OS/c1-5(6-3-2-4-16-6)11-8(15)7-12-9(10)14-13-7/h2-5H,1H3,(H,11,15)(H3,10,12,13,14). The van der Waals surface area contributed by atoms with Gasteiger partial charge in [0.15, 0.2) is 0 Å². The average Bonchev–Trinajstić information content (AvgIpc) is 2.87. The minimum atomic E-state index is -0.315. The molecular weight excluding hydrogens is 226 g/mol. The summed E-state index contributed by atoms with van der Waals surface area (Å²) in [7, 11) is 0. The average molecular weight is 237 g/mol. The monoisotopic (exact) mass is 237 g/mol. The van der Waals surface area contributed by atoms with Gasteiger partial charge in [0.1, 0.15) is 0 Å². The van der Waals surface area contributed by atoms with E-state index in [0.29, 0.717) is 0 Å². The lowest BCUT2D eigenvalue weighted by Crippen LogP contribution is -2.27. The van der Waals surface area contributed by atoms with E-state index < -0.39 is 0 Å². The molecule has 0 aliphatic heterocycles. The van der Waals surface area contributed by atoms with E-state index in [1.165, 1.54) is 0 Å². The minimum absolute atomic E-state index is 0.0566. The summed E-state index contributed by atoms with van der Waals surface area (Å²) in [6, 6.07) is 3.85. The van der Waals surface area contributed by atoms with Crippen molar-refractivity contribution in [3.05, 3.63) is 28.2 Å². The third kappa shape index (κ3) is 2.19. The highest BCUT2D eigenvalue weighted by molar-refractivity contribution is 7.10. The van der Waals surface area contributed by atoms with Gasteiger partial charge in [-0.15, -0.1) is 16.4 Å². The fourth-order valence-corrected chi connectivity index (χ4v) is 1.98. The van der Waals surface area contributed by atoms with Gasteiger partial charge in [0, 0.05) is 4.88 Å².